The molecule has 1 atom stereocenters. The lowest BCUT2D eigenvalue weighted by atomic mass is 10.2. The van der Waals surface area contributed by atoms with Crippen LogP contribution in [-0.2, 0) is 14.8 Å². The molecule has 2 aromatic rings. The van der Waals surface area contributed by atoms with Crippen LogP contribution in [-0.4, -0.2) is 33.1 Å². The summed E-state index contributed by atoms with van der Waals surface area (Å²) in [7, 11) is -3.82. The van der Waals surface area contributed by atoms with Crippen LogP contribution < -0.4 is 20.5 Å². The number of carbonyl (C=O) groups is 1. The summed E-state index contributed by atoms with van der Waals surface area (Å²) in [5, 5.41) is 10.5. The van der Waals surface area contributed by atoms with E-state index in [2.05, 4.69) is 15.4 Å². The van der Waals surface area contributed by atoms with Gasteiger partial charge < -0.3 is 15.4 Å². The van der Waals surface area contributed by atoms with Gasteiger partial charge in [0.25, 0.3) is 0 Å². The summed E-state index contributed by atoms with van der Waals surface area (Å²) in [6, 6.07) is 10.3. The van der Waals surface area contributed by atoms with Crippen molar-refractivity contribution in [1.29, 1.82) is 0 Å². The molecule has 2 aromatic carbocycles. The lowest BCUT2D eigenvalue weighted by Crippen LogP contribution is -2.31. The minimum Gasteiger partial charge on any atom is -0.484 e. The second-order valence-corrected chi connectivity index (χ2v) is 7.41. The monoisotopic (exact) mass is 417 g/mol. The quantitative estimate of drug-likeness (QED) is 0.642. The Kier molecular flexibility index (Phi) is 6.52. The molecule has 0 heterocycles. The fraction of sp³-hybridized carbons (Fsp3) is 0.235. The predicted octanol–water partition coefficient (Wildman–Crippen LogP) is 2.71. The number of carbonyl (C=O) groups excluding carboxylic acids is 1. The smallest absolute Gasteiger partial charge is 0.422 e. The van der Waals surface area contributed by atoms with E-state index in [0.717, 1.165) is 0 Å². The summed E-state index contributed by atoms with van der Waals surface area (Å²) < 4.78 is 63.4. The molecule has 7 nitrogen and oxygen atoms in total. The van der Waals surface area contributed by atoms with Gasteiger partial charge in [-0.1, -0.05) is 0 Å². The highest BCUT2D eigenvalue weighted by atomic mass is 32.2. The minimum absolute atomic E-state index is 0.0509. The standard InChI is InChI=1S/C17H18F3N3O4S/c1-11(16(24)23-13-4-8-15(9-5-13)28(21,25)26)22-12-2-6-14(7-3-12)27-10-17(18,19)20/h2-9,11,22H,10H2,1H3,(H,23,24)(H2,21,25,26)/t11-/m0/s1. The summed E-state index contributed by atoms with van der Waals surface area (Å²) in [6.45, 7) is 0.199. The maximum Gasteiger partial charge on any atom is 0.422 e. The van der Waals surface area contributed by atoms with E-state index in [1.807, 2.05) is 0 Å². The number of nitrogens with one attached hydrogen (secondary N) is 2. The third kappa shape index (κ3) is 6.74. The van der Waals surface area contributed by atoms with Gasteiger partial charge in [0, 0.05) is 11.4 Å². The third-order valence-electron chi connectivity index (χ3n) is 3.48. The number of hydrogen-bond acceptors (Lipinski definition) is 5. The molecule has 0 saturated heterocycles. The molecule has 0 aromatic heterocycles. The van der Waals surface area contributed by atoms with Crippen LogP contribution in [0.1, 0.15) is 6.92 Å². The Morgan fingerprint density at radius 3 is 2.11 bits per heavy atom. The number of alkyl halides is 3. The van der Waals surface area contributed by atoms with Crippen LogP contribution in [0.25, 0.3) is 0 Å². The van der Waals surface area contributed by atoms with Crippen LogP contribution in [0.5, 0.6) is 5.75 Å². The number of anilines is 2. The maximum atomic E-state index is 12.2. The molecule has 0 aliphatic heterocycles. The van der Waals surface area contributed by atoms with Crippen molar-refractivity contribution in [3.8, 4) is 5.75 Å². The molecule has 0 spiro atoms. The Hall–Kier alpha value is -2.79. The predicted molar refractivity (Wildman–Crippen MR) is 97.5 cm³/mol. The summed E-state index contributed by atoms with van der Waals surface area (Å²) in [5.41, 5.74) is 0.883. The molecule has 0 fully saturated rings. The molecule has 0 radical (unpaired) electrons. The van der Waals surface area contributed by atoms with E-state index in [-0.39, 0.29) is 10.6 Å². The van der Waals surface area contributed by atoms with Crippen molar-refractivity contribution in [1.82, 2.24) is 0 Å². The minimum atomic E-state index is -4.42. The van der Waals surface area contributed by atoms with E-state index in [0.29, 0.717) is 11.4 Å². The zero-order valence-electron chi connectivity index (χ0n) is 14.7. The Morgan fingerprint density at radius 2 is 1.61 bits per heavy atom. The summed E-state index contributed by atoms with van der Waals surface area (Å²) in [5.74, 6) is -0.351. The number of benzene rings is 2. The average molecular weight is 417 g/mol. The van der Waals surface area contributed by atoms with Gasteiger partial charge in [0.1, 0.15) is 11.8 Å². The molecule has 0 saturated carbocycles. The van der Waals surface area contributed by atoms with E-state index < -0.39 is 34.8 Å². The van der Waals surface area contributed by atoms with Crippen molar-refractivity contribution in [3.05, 3.63) is 48.5 Å². The normalized spacial score (nSPS) is 12.9. The van der Waals surface area contributed by atoms with Crippen molar-refractivity contribution < 1.29 is 31.1 Å². The first kappa shape index (κ1) is 21.5. The van der Waals surface area contributed by atoms with Crippen molar-refractivity contribution in [3.63, 3.8) is 0 Å². The highest BCUT2D eigenvalue weighted by Gasteiger charge is 2.28. The molecule has 28 heavy (non-hydrogen) atoms. The molecular formula is C17H18F3N3O4S. The van der Waals surface area contributed by atoms with E-state index in [1.54, 1.807) is 6.92 Å². The number of amides is 1. The summed E-state index contributed by atoms with van der Waals surface area (Å²) >= 11 is 0. The molecule has 11 heteroatoms. The SMILES string of the molecule is C[C@H](Nc1ccc(OCC(F)(F)F)cc1)C(=O)Nc1ccc(S(N)(=O)=O)cc1. The largest absolute Gasteiger partial charge is 0.484 e. The number of halogens is 3. The van der Waals surface area contributed by atoms with Crippen LogP contribution in [0, 0.1) is 0 Å². The van der Waals surface area contributed by atoms with Gasteiger partial charge in [-0.3, -0.25) is 4.79 Å². The molecule has 2 rings (SSSR count). The van der Waals surface area contributed by atoms with Crippen molar-refractivity contribution in [2.24, 2.45) is 5.14 Å². The Morgan fingerprint density at radius 1 is 1.07 bits per heavy atom. The van der Waals surface area contributed by atoms with Gasteiger partial charge in [-0.2, -0.15) is 13.2 Å². The van der Waals surface area contributed by atoms with E-state index in [1.165, 1.54) is 48.5 Å². The molecule has 4 N–H and O–H groups in total. The Bertz CT molecular complexity index is 914. The van der Waals surface area contributed by atoms with Gasteiger partial charge in [0.15, 0.2) is 6.61 Å². The fourth-order valence-electron chi connectivity index (χ4n) is 2.11. The number of nitrogens with two attached hydrogens (primary N) is 1. The van der Waals surface area contributed by atoms with Crippen LogP contribution >= 0.6 is 0 Å². The Labute approximate surface area is 159 Å². The van der Waals surface area contributed by atoms with Crippen LogP contribution in [0.4, 0.5) is 24.5 Å². The first-order chi connectivity index (χ1) is 12.9. The molecule has 0 aliphatic carbocycles. The molecule has 1 amide bonds. The fourth-order valence-corrected chi connectivity index (χ4v) is 2.62. The van der Waals surface area contributed by atoms with Crippen LogP contribution in [0.3, 0.4) is 0 Å². The van der Waals surface area contributed by atoms with Gasteiger partial charge in [-0.15, -0.1) is 0 Å². The second kappa shape index (κ2) is 8.48. The zero-order chi connectivity index (χ0) is 20.9. The zero-order valence-corrected chi connectivity index (χ0v) is 15.5. The molecule has 0 unspecified atom stereocenters. The van der Waals surface area contributed by atoms with Gasteiger partial charge >= 0.3 is 6.18 Å². The Balaban J connectivity index is 1.91. The lowest BCUT2D eigenvalue weighted by molar-refractivity contribution is -0.153. The van der Waals surface area contributed by atoms with Crippen molar-refractivity contribution in [2.75, 3.05) is 17.2 Å². The summed E-state index contributed by atoms with van der Waals surface area (Å²) in [4.78, 5) is 12.1. The van der Waals surface area contributed by atoms with Gasteiger partial charge in [0.2, 0.25) is 15.9 Å². The molecule has 0 bridgehead atoms. The van der Waals surface area contributed by atoms with E-state index in [9.17, 15) is 26.4 Å². The average Bonchev–Trinajstić information content (AvgIpc) is 2.60. The number of primary sulfonamides is 1. The van der Waals surface area contributed by atoms with E-state index >= 15 is 0 Å². The highest BCUT2D eigenvalue weighted by Crippen LogP contribution is 2.21. The highest BCUT2D eigenvalue weighted by molar-refractivity contribution is 7.89. The van der Waals surface area contributed by atoms with E-state index in [4.69, 9.17) is 5.14 Å². The van der Waals surface area contributed by atoms with Crippen LogP contribution in [0.2, 0.25) is 0 Å². The molecule has 152 valence electrons. The summed E-state index contributed by atoms with van der Waals surface area (Å²) in [6.07, 6.45) is -4.42. The number of hydrogen-bond donors (Lipinski definition) is 3. The third-order valence-corrected chi connectivity index (χ3v) is 4.41. The first-order valence-electron chi connectivity index (χ1n) is 7.94. The lowest BCUT2D eigenvalue weighted by Gasteiger charge is -2.16. The second-order valence-electron chi connectivity index (χ2n) is 5.85. The van der Waals surface area contributed by atoms with Crippen LogP contribution in [0.15, 0.2) is 53.4 Å². The number of rotatable bonds is 7. The topological polar surface area (TPSA) is 111 Å². The molecular weight excluding hydrogens is 399 g/mol. The maximum absolute atomic E-state index is 12.2. The number of ether oxygens (including phenoxy) is 1. The van der Waals surface area contributed by atoms with Gasteiger partial charge in [0.05, 0.1) is 4.90 Å². The molecule has 0 aliphatic rings. The first-order valence-corrected chi connectivity index (χ1v) is 9.48. The van der Waals surface area contributed by atoms with Gasteiger partial charge in [-0.25, -0.2) is 13.6 Å². The number of sulfonamides is 1. The van der Waals surface area contributed by atoms with Crippen molar-refractivity contribution >= 4 is 27.3 Å². The van der Waals surface area contributed by atoms with Crippen molar-refractivity contribution in [2.45, 2.75) is 24.0 Å². The van der Waals surface area contributed by atoms with Gasteiger partial charge in [-0.05, 0) is 55.5 Å².